The molecule has 10 nitrogen and oxygen atoms in total. The van der Waals surface area contributed by atoms with Crippen molar-refractivity contribution in [3.05, 3.63) is 100 Å². The molecule has 2 aliphatic heterocycles. The Morgan fingerprint density at radius 2 is 1.74 bits per heavy atom. The van der Waals surface area contributed by atoms with E-state index >= 15 is 0 Å². The maximum atomic E-state index is 13.4. The zero-order valence-corrected chi connectivity index (χ0v) is 24.5. The number of likely N-dealkylation sites (N-methyl/N-ethyl adjacent to an activating group) is 1. The number of nitrogens with zero attached hydrogens (tertiary/aromatic N) is 5. The molecule has 6 rings (SSSR count). The Morgan fingerprint density at radius 3 is 2.47 bits per heavy atom. The molecule has 1 unspecified atom stereocenters. The van der Waals surface area contributed by atoms with Crippen molar-refractivity contribution in [2.24, 2.45) is 12.0 Å². The van der Waals surface area contributed by atoms with Crippen LogP contribution < -0.4 is 15.5 Å². The largest absolute Gasteiger partial charge is 0.369 e. The fraction of sp³-hybridized carbons (Fsp3) is 0.219. The second-order valence-electron chi connectivity index (χ2n) is 10.7. The van der Waals surface area contributed by atoms with Gasteiger partial charge >= 0.3 is 0 Å². The van der Waals surface area contributed by atoms with Gasteiger partial charge in [-0.1, -0.05) is 35.9 Å². The van der Waals surface area contributed by atoms with Crippen LogP contribution in [0, 0.1) is 0 Å². The Hall–Kier alpha value is -4.80. The fourth-order valence-electron chi connectivity index (χ4n) is 5.31. The molecule has 0 aliphatic carbocycles. The number of hydrogen-bond donors (Lipinski definition) is 2. The van der Waals surface area contributed by atoms with Gasteiger partial charge in [0.2, 0.25) is 5.91 Å². The highest BCUT2D eigenvalue weighted by Crippen LogP contribution is 2.33. The SMILES string of the molecule is CN1CCN(c2ccc(N=CC3C(=O)Nc4cc(C(=O)c5cccc(NC(=O)c6c(Cl)cnn6C)c5)ccc43)cc2)CC1. The first-order valence-electron chi connectivity index (χ1n) is 13.9. The predicted molar refractivity (Wildman–Crippen MR) is 168 cm³/mol. The quantitative estimate of drug-likeness (QED) is 0.236. The first kappa shape index (κ1) is 28.3. The van der Waals surface area contributed by atoms with Crippen LogP contribution >= 0.6 is 11.6 Å². The monoisotopic (exact) mass is 595 g/mol. The Balaban J connectivity index is 1.14. The molecule has 1 aromatic heterocycles. The van der Waals surface area contributed by atoms with E-state index in [-0.39, 0.29) is 22.4 Å². The summed E-state index contributed by atoms with van der Waals surface area (Å²) in [4.78, 5) is 48.1. The highest BCUT2D eigenvalue weighted by Gasteiger charge is 2.30. The number of amides is 2. The summed E-state index contributed by atoms with van der Waals surface area (Å²) in [6.07, 6.45) is 3.04. The molecule has 1 saturated heterocycles. The highest BCUT2D eigenvalue weighted by atomic mass is 35.5. The van der Waals surface area contributed by atoms with E-state index < -0.39 is 11.8 Å². The summed E-state index contributed by atoms with van der Waals surface area (Å²) in [5, 5.41) is 9.85. The molecule has 2 N–H and O–H groups in total. The number of halogens is 1. The molecular weight excluding hydrogens is 566 g/mol. The van der Waals surface area contributed by atoms with Crippen LogP contribution in [0.1, 0.15) is 37.9 Å². The number of aryl methyl sites for hydroxylation is 1. The van der Waals surface area contributed by atoms with Crippen molar-refractivity contribution in [3.63, 3.8) is 0 Å². The summed E-state index contributed by atoms with van der Waals surface area (Å²) in [6.45, 7) is 4.06. The Labute approximate surface area is 254 Å². The molecular formula is C32H30ClN7O3. The van der Waals surface area contributed by atoms with Crippen molar-refractivity contribution < 1.29 is 14.4 Å². The minimum Gasteiger partial charge on any atom is -0.369 e. The van der Waals surface area contributed by atoms with Crippen LogP contribution in [0.5, 0.6) is 0 Å². The zero-order chi connectivity index (χ0) is 30.1. The Bertz CT molecular complexity index is 1720. The third-order valence-electron chi connectivity index (χ3n) is 7.77. The van der Waals surface area contributed by atoms with Crippen molar-refractivity contribution in [2.75, 3.05) is 48.8 Å². The minimum atomic E-state index is -0.561. The molecule has 3 heterocycles. The molecule has 2 amide bonds. The fourth-order valence-corrected chi connectivity index (χ4v) is 5.56. The third-order valence-corrected chi connectivity index (χ3v) is 8.05. The summed E-state index contributed by atoms with van der Waals surface area (Å²) in [6, 6.07) is 19.8. The number of benzene rings is 3. The van der Waals surface area contributed by atoms with Crippen molar-refractivity contribution in [1.29, 1.82) is 0 Å². The van der Waals surface area contributed by atoms with Gasteiger partial charge in [0.15, 0.2) is 5.78 Å². The average molecular weight is 596 g/mol. The maximum Gasteiger partial charge on any atom is 0.275 e. The van der Waals surface area contributed by atoms with Gasteiger partial charge in [-0.25, -0.2) is 0 Å². The van der Waals surface area contributed by atoms with E-state index in [9.17, 15) is 14.4 Å². The topological polar surface area (TPSA) is 112 Å². The van der Waals surface area contributed by atoms with Crippen LogP contribution in [0.4, 0.5) is 22.7 Å². The van der Waals surface area contributed by atoms with Gasteiger partial charge in [-0.2, -0.15) is 5.10 Å². The predicted octanol–water partition coefficient (Wildman–Crippen LogP) is 4.75. The second kappa shape index (κ2) is 11.8. The molecule has 0 bridgehead atoms. The van der Waals surface area contributed by atoms with Crippen LogP contribution in [0.3, 0.4) is 0 Å². The normalized spacial score (nSPS) is 16.8. The molecule has 11 heteroatoms. The molecule has 0 radical (unpaired) electrons. The summed E-state index contributed by atoms with van der Waals surface area (Å²) in [5.41, 5.74) is 4.72. The number of aromatic nitrogens is 2. The summed E-state index contributed by atoms with van der Waals surface area (Å²) in [5.74, 6) is -1.44. The molecule has 0 saturated carbocycles. The molecule has 2 aliphatic rings. The zero-order valence-electron chi connectivity index (χ0n) is 23.8. The lowest BCUT2D eigenvalue weighted by Crippen LogP contribution is -2.44. The van der Waals surface area contributed by atoms with Crippen LogP contribution in [0.2, 0.25) is 5.02 Å². The maximum absolute atomic E-state index is 13.4. The van der Waals surface area contributed by atoms with Gasteiger partial charge in [-0.15, -0.1) is 0 Å². The smallest absolute Gasteiger partial charge is 0.275 e. The number of anilines is 3. The van der Waals surface area contributed by atoms with E-state index in [0.717, 1.165) is 37.4 Å². The van der Waals surface area contributed by atoms with Gasteiger partial charge in [-0.3, -0.25) is 24.1 Å². The van der Waals surface area contributed by atoms with Crippen LogP contribution in [-0.2, 0) is 11.8 Å². The van der Waals surface area contributed by atoms with Crippen molar-refractivity contribution in [1.82, 2.24) is 14.7 Å². The average Bonchev–Trinajstić information content (AvgIpc) is 3.52. The lowest BCUT2D eigenvalue weighted by atomic mass is 9.97. The van der Waals surface area contributed by atoms with Crippen LogP contribution in [0.15, 0.2) is 77.9 Å². The number of carbonyl (C=O) groups is 3. The molecule has 1 atom stereocenters. The number of ketones is 1. The number of nitrogens with one attached hydrogen (secondary N) is 2. The van der Waals surface area contributed by atoms with Gasteiger partial charge in [0, 0.05) is 67.6 Å². The first-order valence-corrected chi connectivity index (χ1v) is 14.3. The molecule has 0 spiro atoms. The van der Waals surface area contributed by atoms with Crippen LogP contribution in [0.25, 0.3) is 0 Å². The van der Waals surface area contributed by atoms with Gasteiger partial charge < -0.3 is 20.4 Å². The van der Waals surface area contributed by atoms with Crippen molar-refractivity contribution >= 4 is 58.2 Å². The molecule has 3 aromatic carbocycles. The first-order chi connectivity index (χ1) is 20.8. The number of hydrogen-bond acceptors (Lipinski definition) is 7. The number of carbonyl (C=O) groups excluding carboxylic acids is 3. The number of aliphatic imine (C=N–C) groups is 1. The van der Waals surface area contributed by atoms with Crippen LogP contribution in [-0.4, -0.2) is 71.7 Å². The van der Waals surface area contributed by atoms with E-state index in [1.165, 1.54) is 16.6 Å². The molecule has 43 heavy (non-hydrogen) atoms. The van der Waals surface area contributed by atoms with E-state index in [1.54, 1.807) is 55.7 Å². The lowest BCUT2D eigenvalue weighted by Gasteiger charge is -2.34. The highest BCUT2D eigenvalue weighted by molar-refractivity contribution is 6.34. The van der Waals surface area contributed by atoms with Crippen molar-refractivity contribution in [3.8, 4) is 0 Å². The van der Waals surface area contributed by atoms with Gasteiger partial charge in [-0.05, 0) is 55.1 Å². The molecule has 218 valence electrons. The lowest BCUT2D eigenvalue weighted by molar-refractivity contribution is -0.115. The molecule has 1 fully saturated rings. The van der Waals surface area contributed by atoms with Gasteiger partial charge in [0.05, 0.1) is 16.9 Å². The summed E-state index contributed by atoms with van der Waals surface area (Å²) in [7, 11) is 3.76. The Kier molecular flexibility index (Phi) is 7.79. The van der Waals surface area contributed by atoms with E-state index in [4.69, 9.17) is 11.6 Å². The summed E-state index contributed by atoms with van der Waals surface area (Å²) < 4.78 is 1.38. The van der Waals surface area contributed by atoms with E-state index in [1.807, 2.05) is 12.1 Å². The summed E-state index contributed by atoms with van der Waals surface area (Å²) >= 11 is 6.08. The Morgan fingerprint density at radius 1 is 1.00 bits per heavy atom. The van der Waals surface area contributed by atoms with E-state index in [0.29, 0.717) is 22.5 Å². The minimum absolute atomic E-state index is 0.198. The van der Waals surface area contributed by atoms with Crippen molar-refractivity contribution in [2.45, 2.75) is 5.92 Å². The molecule has 4 aromatic rings. The number of rotatable bonds is 7. The number of piperazine rings is 1. The standard InChI is InChI=1S/C32H30ClN7O3/c1-38-12-14-40(15-13-38)24-9-7-22(8-10-24)34-18-26-25-11-6-21(17-28(25)37-31(26)42)30(41)20-4-3-5-23(16-20)36-32(43)29-27(33)19-35-39(29)2/h3-11,16-19,26H,12-15H2,1-2H3,(H,36,43)(H,37,42). The van der Waals surface area contributed by atoms with Gasteiger partial charge in [0.1, 0.15) is 11.6 Å². The van der Waals surface area contributed by atoms with E-state index in [2.05, 4.69) is 49.7 Å². The number of fused-ring (bicyclic) bond motifs is 1. The van der Waals surface area contributed by atoms with Gasteiger partial charge in [0.25, 0.3) is 5.91 Å². The third kappa shape index (κ3) is 5.93. The second-order valence-corrected chi connectivity index (χ2v) is 11.1.